The van der Waals surface area contributed by atoms with Gasteiger partial charge in [-0.2, -0.15) is 0 Å². The molecular formula is C11H12N2OS. The summed E-state index contributed by atoms with van der Waals surface area (Å²) in [6, 6.07) is 1.89. The van der Waals surface area contributed by atoms with Crippen LogP contribution in [0.5, 0.6) is 0 Å². The topological polar surface area (TPSA) is 34.9 Å². The number of nitrogens with zero attached hydrogens (tertiary/aromatic N) is 2. The molecule has 2 rings (SSSR count). The first-order chi connectivity index (χ1) is 7.13. The van der Waals surface area contributed by atoms with Crippen LogP contribution in [0.3, 0.4) is 0 Å². The summed E-state index contributed by atoms with van der Waals surface area (Å²) in [5, 5.41) is 0.926. The van der Waals surface area contributed by atoms with Crippen molar-refractivity contribution in [2.75, 3.05) is 0 Å². The second-order valence-electron chi connectivity index (χ2n) is 3.53. The molecule has 0 amide bonds. The Labute approximate surface area is 92.4 Å². The molecule has 0 bridgehead atoms. The summed E-state index contributed by atoms with van der Waals surface area (Å²) >= 11 is 1.63. The summed E-state index contributed by atoms with van der Waals surface area (Å²) in [6.45, 7) is 5.94. The first kappa shape index (κ1) is 10.1. The fraction of sp³-hybridized carbons (Fsp3) is 0.273. The Hall–Kier alpha value is -1.42. The van der Waals surface area contributed by atoms with Gasteiger partial charge in [0.05, 0.1) is 0 Å². The van der Waals surface area contributed by atoms with Gasteiger partial charge >= 0.3 is 0 Å². The Morgan fingerprint density at radius 2 is 2.13 bits per heavy atom. The summed E-state index contributed by atoms with van der Waals surface area (Å²) in [7, 11) is 0. The predicted molar refractivity (Wildman–Crippen MR) is 61.0 cm³/mol. The zero-order chi connectivity index (χ0) is 11.0. The van der Waals surface area contributed by atoms with E-state index in [1.807, 2.05) is 37.6 Å². The summed E-state index contributed by atoms with van der Waals surface area (Å²) in [4.78, 5) is 16.3. The van der Waals surface area contributed by atoms with Gasteiger partial charge in [-0.3, -0.25) is 9.36 Å². The minimum Gasteiger partial charge on any atom is -0.298 e. The van der Waals surface area contributed by atoms with E-state index in [-0.39, 0.29) is 0 Å². The van der Waals surface area contributed by atoms with Crippen molar-refractivity contribution in [3.8, 4) is 5.13 Å². The number of thiazole rings is 1. The van der Waals surface area contributed by atoms with Gasteiger partial charge in [0, 0.05) is 28.0 Å². The van der Waals surface area contributed by atoms with Gasteiger partial charge < -0.3 is 0 Å². The van der Waals surface area contributed by atoms with Gasteiger partial charge in [0.25, 0.3) is 0 Å². The molecule has 0 aliphatic heterocycles. The minimum atomic E-state index is 0.736. The van der Waals surface area contributed by atoms with Crippen LogP contribution >= 0.6 is 11.3 Å². The molecule has 2 heterocycles. The highest BCUT2D eigenvalue weighted by atomic mass is 32.1. The van der Waals surface area contributed by atoms with Crippen LogP contribution in [0.15, 0.2) is 12.3 Å². The average Bonchev–Trinajstić information content (AvgIpc) is 2.71. The molecule has 0 fully saturated rings. The second-order valence-corrected chi connectivity index (χ2v) is 4.75. The number of aldehydes is 1. The predicted octanol–water partition coefficient (Wildman–Crippen LogP) is 2.67. The maximum absolute atomic E-state index is 10.8. The van der Waals surface area contributed by atoms with Gasteiger partial charge in [-0.05, 0) is 26.8 Å². The van der Waals surface area contributed by atoms with Crippen LogP contribution in [0.4, 0.5) is 0 Å². The van der Waals surface area contributed by atoms with E-state index in [1.54, 1.807) is 11.3 Å². The Balaban J connectivity index is 2.62. The molecule has 0 saturated heterocycles. The van der Waals surface area contributed by atoms with Crippen LogP contribution in [-0.4, -0.2) is 15.8 Å². The molecule has 78 valence electrons. The van der Waals surface area contributed by atoms with Crippen molar-refractivity contribution in [1.29, 1.82) is 0 Å². The quantitative estimate of drug-likeness (QED) is 0.729. The zero-order valence-electron chi connectivity index (χ0n) is 8.94. The van der Waals surface area contributed by atoms with Crippen molar-refractivity contribution in [2.24, 2.45) is 0 Å². The van der Waals surface area contributed by atoms with Crippen LogP contribution < -0.4 is 0 Å². The average molecular weight is 220 g/mol. The molecule has 0 atom stereocenters. The maximum atomic E-state index is 10.8. The number of aromatic nitrogens is 2. The number of hydrogen-bond donors (Lipinski definition) is 0. The number of rotatable bonds is 2. The van der Waals surface area contributed by atoms with E-state index >= 15 is 0 Å². The van der Waals surface area contributed by atoms with Crippen molar-refractivity contribution < 1.29 is 4.79 Å². The molecule has 0 aliphatic carbocycles. The number of carbonyl (C=O) groups is 1. The molecule has 4 heteroatoms. The van der Waals surface area contributed by atoms with Crippen LogP contribution in [0.1, 0.15) is 26.6 Å². The minimum absolute atomic E-state index is 0.736. The van der Waals surface area contributed by atoms with Crippen LogP contribution in [0.25, 0.3) is 5.13 Å². The molecule has 0 aromatic carbocycles. The lowest BCUT2D eigenvalue weighted by molar-refractivity contribution is 0.112. The van der Waals surface area contributed by atoms with E-state index in [4.69, 9.17) is 0 Å². The Morgan fingerprint density at radius 1 is 1.40 bits per heavy atom. The van der Waals surface area contributed by atoms with Crippen molar-refractivity contribution in [1.82, 2.24) is 9.55 Å². The summed E-state index contributed by atoms with van der Waals surface area (Å²) in [5.74, 6) is 0. The SMILES string of the molecule is Cc1cnc(-n2c(C)cc(C=O)c2C)s1. The first-order valence-electron chi connectivity index (χ1n) is 4.70. The molecule has 0 spiro atoms. The second kappa shape index (κ2) is 3.62. The van der Waals surface area contributed by atoms with E-state index in [1.165, 1.54) is 4.88 Å². The highest BCUT2D eigenvalue weighted by Gasteiger charge is 2.11. The van der Waals surface area contributed by atoms with Crippen LogP contribution in [-0.2, 0) is 0 Å². The lowest BCUT2D eigenvalue weighted by Crippen LogP contribution is -1.98. The number of hydrogen-bond acceptors (Lipinski definition) is 3. The maximum Gasteiger partial charge on any atom is 0.194 e. The number of aryl methyl sites for hydroxylation is 2. The largest absolute Gasteiger partial charge is 0.298 e. The van der Waals surface area contributed by atoms with Gasteiger partial charge in [0.2, 0.25) is 0 Å². The fourth-order valence-corrected chi connectivity index (χ4v) is 2.52. The monoisotopic (exact) mass is 220 g/mol. The molecule has 0 unspecified atom stereocenters. The van der Waals surface area contributed by atoms with E-state index in [2.05, 4.69) is 4.98 Å². The lowest BCUT2D eigenvalue weighted by Gasteiger charge is -2.03. The molecule has 2 aromatic rings. The molecule has 3 nitrogen and oxygen atoms in total. The summed E-state index contributed by atoms with van der Waals surface area (Å²) < 4.78 is 2.02. The first-order valence-corrected chi connectivity index (χ1v) is 5.52. The van der Waals surface area contributed by atoms with Crippen molar-refractivity contribution in [3.05, 3.63) is 34.1 Å². The normalized spacial score (nSPS) is 10.6. The van der Waals surface area contributed by atoms with Gasteiger partial charge in [0.15, 0.2) is 11.4 Å². The van der Waals surface area contributed by atoms with E-state index in [9.17, 15) is 4.79 Å². The zero-order valence-corrected chi connectivity index (χ0v) is 9.76. The summed E-state index contributed by atoms with van der Waals surface area (Å²) in [5.41, 5.74) is 2.74. The fourth-order valence-electron chi connectivity index (χ4n) is 1.65. The smallest absolute Gasteiger partial charge is 0.194 e. The molecule has 2 aromatic heterocycles. The van der Waals surface area contributed by atoms with E-state index in [0.717, 1.165) is 28.4 Å². The molecule has 0 aliphatic rings. The third-order valence-corrected chi connectivity index (χ3v) is 3.30. The van der Waals surface area contributed by atoms with Gasteiger partial charge in [-0.25, -0.2) is 4.98 Å². The van der Waals surface area contributed by atoms with Crippen LogP contribution in [0, 0.1) is 20.8 Å². The van der Waals surface area contributed by atoms with Gasteiger partial charge in [0.1, 0.15) is 0 Å². The van der Waals surface area contributed by atoms with Gasteiger partial charge in [-0.15, -0.1) is 11.3 Å². The van der Waals surface area contributed by atoms with Crippen molar-refractivity contribution in [2.45, 2.75) is 20.8 Å². The molecule has 0 N–H and O–H groups in total. The third-order valence-electron chi connectivity index (χ3n) is 2.40. The molecule has 0 saturated carbocycles. The van der Waals surface area contributed by atoms with Crippen LogP contribution in [0.2, 0.25) is 0 Å². The van der Waals surface area contributed by atoms with Crippen molar-refractivity contribution in [3.63, 3.8) is 0 Å². The third kappa shape index (κ3) is 1.61. The standard InChI is InChI=1S/C11H12N2OS/c1-7-4-10(6-14)9(3)13(7)11-12-5-8(2)15-11/h4-6H,1-3H3. The Bertz CT molecular complexity index is 511. The Kier molecular flexibility index (Phi) is 2.44. The number of carbonyl (C=O) groups excluding carboxylic acids is 1. The Morgan fingerprint density at radius 3 is 2.60 bits per heavy atom. The van der Waals surface area contributed by atoms with Gasteiger partial charge in [-0.1, -0.05) is 0 Å². The van der Waals surface area contributed by atoms with Crippen molar-refractivity contribution >= 4 is 17.6 Å². The highest BCUT2D eigenvalue weighted by molar-refractivity contribution is 7.14. The molecular weight excluding hydrogens is 208 g/mol. The van der Waals surface area contributed by atoms with E-state index in [0.29, 0.717) is 0 Å². The summed E-state index contributed by atoms with van der Waals surface area (Å²) in [6.07, 6.45) is 2.73. The van der Waals surface area contributed by atoms with E-state index < -0.39 is 0 Å². The lowest BCUT2D eigenvalue weighted by atomic mass is 10.3. The molecule has 15 heavy (non-hydrogen) atoms. The molecule has 0 radical (unpaired) electrons. The highest BCUT2D eigenvalue weighted by Crippen LogP contribution is 2.23.